The van der Waals surface area contributed by atoms with Crippen LogP contribution in [0, 0.1) is 0 Å². The van der Waals surface area contributed by atoms with E-state index in [1.165, 1.54) is 6.21 Å². The number of ether oxygens (including phenoxy) is 1. The molecule has 11 heteroatoms. The van der Waals surface area contributed by atoms with Gasteiger partial charge in [-0.2, -0.15) is 5.10 Å². The maximum absolute atomic E-state index is 6.26. The molecule has 7 nitrogen and oxygen atoms in total. The fraction of sp³-hybridized carbons (Fsp3) is 0.0667. The van der Waals surface area contributed by atoms with Crippen molar-refractivity contribution in [1.82, 2.24) is 20.3 Å². The first-order valence-electron chi connectivity index (χ1n) is 7.08. The molecule has 0 saturated heterocycles. The predicted molar refractivity (Wildman–Crippen MR) is 102 cm³/mol. The lowest BCUT2D eigenvalue weighted by Crippen LogP contribution is -2.02. The number of aromatic nitrogens is 4. The number of halogens is 4. The molecule has 0 radical (unpaired) electrons. The largest absolute Gasteiger partial charge is 0.487 e. The minimum absolute atomic E-state index is 0.0322. The molecule has 0 fully saturated rings. The number of anilines is 1. The third kappa shape index (κ3) is 4.37. The van der Waals surface area contributed by atoms with Gasteiger partial charge in [0, 0.05) is 26.2 Å². The van der Waals surface area contributed by atoms with Gasteiger partial charge in [-0.25, -0.2) is 0 Å². The van der Waals surface area contributed by atoms with Crippen molar-refractivity contribution in [2.45, 2.75) is 6.61 Å². The van der Waals surface area contributed by atoms with Crippen LogP contribution in [0.25, 0.3) is 0 Å². The summed E-state index contributed by atoms with van der Waals surface area (Å²) in [4.78, 5) is 1.05. The summed E-state index contributed by atoms with van der Waals surface area (Å²) >= 11 is 24.4. The van der Waals surface area contributed by atoms with E-state index in [-0.39, 0.29) is 12.6 Å². The summed E-state index contributed by atoms with van der Waals surface area (Å²) in [5.74, 6) is 0.405. The molecular formula is C15H10Cl4N6O. The number of nitrogens with two attached hydrogens (primary N) is 1. The Bertz CT molecular complexity index is 975. The lowest BCUT2D eigenvalue weighted by atomic mass is 10.2. The first kappa shape index (κ1) is 18.7. The number of tetrazole rings is 1. The molecule has 0 amide bonds. The van der Waals surface area contributed by atoms with Crippen molar-refractivity contribution in [2.75, 3.05) is 5.73 Å². The van der Waals surface area contributed by atoms with Crippen LogP contribution in [0.3, 0.4) is 0 Å². The van der Waals surface area contributed by atoms with Crippen molar-refractivity contribution >= 4 is 58.6 Å². The summed E-state index contributed by atoms with van der Waals surface area (Å²) < 4.78 is 5.83. The molecule has 2 N–H and O–H groups in total. The Labute approximate surface area is 168 Å². The highest BCUT2D eigenvalue weighted by atomic mass is 35.5. The Morgan fingerprint density at radius 2 is 1.85 bits per heavy atom. The van der Waals surface area contributed by atoms with Crippen LogP contribution in [0.4, 0.5) is 5.95 Å². The standard InChI is InChI=1S/C15H10Cl4N6O/c16-10-2-1-8(12(18)4-10)7-26-14-9(3-11(17)5-13(14)19)6-21-25-15(20)22-23-24-25/h1-6H,7H2,(H2,20,22,24)/b21-6+. The zero-order valence-corrected chi connectivity index (χ0v) is 15.9. The van der Waals surface area contributed by atoms with E-state index in [1.54, 1.807) is 30.3 Å². The first-order chi connectivity index (χ1) is 12.4. The molecule has 0 bridgehead atoms. The van der Waals surface area contributed by atoms with Crippen molar-refractivity contribution in [1.29, 1.82) is 0 Å². The molecule has 1 aromatic heterocycles. The molecule has 0 aliphatic carbocycles. The molecule has 2 aromatic carbocycles. The van der Waals surface area contributed by atoms with Crippen molar-refractivity contribution in [3.05, 3.63) is 61.5 Å². The zero-order chi connectivity index (χ0) is 18.7. The summed E-state index contributed by atoms with van der Waals surface area (Å²) in [5, 5.41) is 16.4. The van der Waals surface area contributed by atoms with Crippen LogP contribution < -0.4 is 10.5 Å². The quantitative estimate of drug-likeness (QED) is 0.607. The van der Waals surface area contributed by atoms with Gasteiger partial charge in [-0.05, 0) is 34.7 Å². The number of hydrogen-bond donors (Lipinski definition) is 1. The lowest BCUT2D eigenvalue weighted by Gasteiger charge is -2.12. The Morgan fingerprint density at radius 3 is 2.54 bits per heavy atom. The molecule has 0 atom stereocenters. The van der Waals surface area contributed by atoms with Gasteiger partial charge in [0.05, 0.1) is 11.2 Å². The van der Waals surface area contributed by atoms with Crippen LogP contribution in [0.15, 0.2) is 35.4 Å². The third-order valence-electron chi connectivity index (χ3n) is 3.21. The molecule has 0 unspecified atom stereocenters. The van der Waals surface area contributed by atoms with Crippen LogP contribution >= 0.6 is 46.4 Å². The smallest absolute Gasteiger partial charge is 0.263 e. The number of nitrogens with zero attached hydrogens (tertiary/aromatic N) is 5. The van der Waals surface area contributed by atoms with E-state index >= 15 is 0 Å². The summed E-state index contributed by atoms with van der Waals surface area (Å²) in [6, 6.07) is 8.32. The Morgan fingerprint density at radius 1 is 1.08 bits per heavy atom. The van der Waals surface area contributed by atoms with Gasteiger partial charge in [-0.15, -0.1) is 0 Å². The van der Waals surface area contributed by atoms with Gasteiger partial charge >= 0.3 is 0 Å². The van der Waals surface area contributed by atoms with Crippen LogP contribution in [0.1, 0.15) is 11.1 Å². The summed E-state index contributed by atoms with van der Waals surface area (Å²) in [6.45, 7) is 0.172. The minimum Gasteiger partial charge on any atom is -0.487 e. The number of benzene rings is 2. The van der Waals surface area contributed by atoms with E-state index in [9.17, 15) is 0 Å². The molecule has 26 heavy (non-hydrogen) atoms. The second kappa shape index (κ2) is 8.09. The Balaban J connectivity index is 1.88. The van der Waals surface area contributed by atoms with Gasteiger partial charge in [0.25, 0.3) is 5.95 Å². The van der Waals surface area contributed by atoms with Crippen molar-refractivity contribution in [3.63, 3.8) is 0 Å². The van der Waals surface area contributed by atoms with Crippen LogP contribution in [0.5, 0.6) is 5.75 Å². The molecule has 1 heterocycles. The van der Waals surface area contributed by atoms with Gasteiger partial charge in [-0.1, -0.05) is 62.4 Å². The van der Waals surface area contributed by atoms with E-state index in [4.69, 9.17) is 56.9 Å². The second-order valence-corrected chi connectivity index (χ2v) is 6.69. The van der Waals surface area contributed by atoms with E-state index in [1.807, 2.05) is 0 Å². The van der Waals surface area contributed by atoms with Crippen molar-refractivity contribution in [3.8, 4) is 5.75 Å². The lowest BCUT2D eigenvalue weighted by molar-refractivity contribution is 0.306. The Hall–Kier alpha value is -2.06. The van der Waals surface area contributed by atoms with Crippen LogP contribution in [-0.4, -0.2) is 26.5 Å². The molecule has 134 valence electrons. The molecule has 0 aliphatic heterocycles. The molecule has 3 rings (SSSR count). The fourth-order valence-electron chi connectivity index (χ4n) is 2.01. The summed E-state index contributed by atoms with van der Waals surface area (Å²) in [6.07, 6.45) is 1.43. The van der Waals surface area contributed by atoms with Gasteiger partial charge in [0.2, 0.25) is 0 Å². The van der Waals surface area contributed by atoms with Gasteiger partial charge < -0.3 is 10.5 Å². The van der Waals surface area contributed by atoms with Crippen molar-refractivity contribution < 1.29 is 4.74 Å². The SMILES string of the molecule is Nc1nnnn1/N=C/c1cc(Cl)cc(Cl)c1OCc1ccc(Cl)cc1Cl. The number of rotatable bonds is 5. The van der Waals surface area contributed by atoms with E-state index in [2.05, 4.69) is 20.6 Å². The monoisotopic (exact) mass is 430 g/mol. The van der Waals surface area contributed by atoms with E-state index in [0.717, 1.165) is 10.4 Å². The molecular weight excluding hydrogens is 422 g/mol. The molecule has 3 aromatic rings. The average molecular weight is 432 g/mol. The average Bonchev–Trinajstić information content (AvgIpc) is 2.98. The third-order valence-corrected chi connectivity index (χ3v) is 4.29. The topological polar surface area (TPSA) is 91.2 Å². The molecule has 0 aliphatic rings. The fourth-order valence-corrected chi connectivity index (χ4v) is 3.03. The second-order valence-electron chi connectivity index (χ2n) is 5.00. The van der Waals surface area contributed by atoms with E-state index < -0.39 is 0 Å². The number of hydrogen-bond acceptors (Lipinski definition) is 6. The van der Waals surface area contributed by atoms with Gasteiger partial charge in [0.1, 0.15) is 12.4 Å². The summed E-state index contributed by atoms with van der Waals surface area (Å²) in [7, 11) is 0. The van der Waals surface area contributed by atoms with Gasteiger partial charge in [0.15, 0.2) is 0 Å². The predicted octanol–water partition coefficient (Wildman–Crippen LogP) is 4.33. The zero-order valence-electron chi connectivity index (χ0n) is 12.9. The van der Waals surface area contributed by atoms with Crippen molar-refractivity contribution in [2.24, 2.45) is 5.10 Å². The molecule has 0 spiro atoms. The van der Waals surface area contributed by atoms with E-state index in [0.29, 0.717) is 31.4 Å². The highest BCUT2D eigenvalue weighted by Gasteiger charge is 2.12. The summed E-state index contributed by atoms with van der Waals surface area (Å²) in [5.41, 5.74) is 6.83. The molecule has 0 saturated carbocycles. The normalized spacial score (nSPS) is 11.2. The van der Waals surface area contributed by atoms with Crippen LogP contribution in [-0.2, 0) is 6.61 Å². The number of nitrogen functional groups attached to an aromatic ring is 1. The highest BCUT2D eigenvalue weighted by Crippen LogP contribution is 2.33. The maximum Gasteiger partial charge on any atom is 0.263 e. The van der Waals surface area contributed by atoms with Crippen LogP contribution in [0.2, 0.25) is 20.1 Å². The minimum atomic E-state index is 0.0322. The highest BCUT2D eigenvalue weighted by molar-refractivity contribution is 6.36. The van der Waals surface area contributed by atoms with Gasteiger partial charge in [-0.3, -0.25) is 0 Å². The first-order valence-corrected chi connectivity index (χ1v) is 8.59. The maximum atomic E-state index is 6.26. The Kier molecular flexibility index (Phi) is 5.83.